The molecule has 9 heteroatoms. The Labute approximate surface area is 182 Å². The summed E-state index contributed by atoms with van der Waals surface area (Å²) in [5.41, 5.74) is 2.03. The second-order valence-electron chi connectivity index (χ2n) is 6.97. The van der Waals surface area contributed by atoms with Crippen LogP contribution in [0.4, 0.5) is 4.39 Å². The van der Waals surface area contributed by atoms with Gasteiger partial charge in [0.1, 0.15) is 11.6 Å². The Bertz CT molecular complexity index is 1110. The number of amidine groups is 1. The summed E-state index contributed by atoms with van der Waals surface area (Å²) in [6.45, 7) is 1.99. The third kappa shape index (κ3) is 4.27. The van der Waals surface area contributed by atoms with Crippen LogP contribution in [0.1, 0.15) is 30.7 Å². The zero-order chi connectivity index (χ0) is 22.0. The summed E-state index contributed by atoms with van der Waals surface area (Å²) < 4.78 is 24.3. The van der Waals surface area contributed by atoms with Crippen molar-refractivity contribution in [1.82, 2.24) is 10.2 Å². The molecule has 0 radical (unpaired) electrons. The van der Waals surface area contributed by atoms with Gasteiger partial charge in [-0.25, -0.2) is 14.2 Å². The lowest BCUT2D eigenvalue weighted by Gasteiger charge is -2.36. The van der Waals surface area contributed by atoms with Crippen molar-refractivity contribution in [3.05, 3.63) is 82.2 Å². The van der Waals surface area contributed by atoms with Gasteiger partial charge in [0.05, 0.1) is 43.7 Å². The number of amides is 1. The van der Waals surface area contributed by atoms with Crippen molar-refractivity contribution in [3.63, 3.8) is 0 Å². The molecule has 31 heavy (non-hydrogen) atoms. The number of benzene rings is 1. The molecule has 2 aliphatic heterocycles. The summed E-state index contributed by atoms with van der Waals surface area (Å²) >= 11 is 1.36. The Morgan fingerprint density at radius 1 is 1.32 bits per heavy atom. The normalized spacial score (nSPS) is 17.8. The molecule has 0 saturated heterocycles. The highest BCUT2D eigenvalue weighted by Gasteiger charge is 2.41. The molecule has 1 aromatic heterocycles. The van der Waals surface area contributed by atoms with Crippen LogP contribution < -0.4 is 5.32 Å². The molecule has 4 rings (SSSR count). The van der Waals surface area contributed by atoms with E-state index >= 15 is 0 Å². The molecule has 2 aliphatic rings. The van der Waals surface area contributed by atoms with E-state index in [0.717, 1.165) is 0 Å². The Morgan fingerprint density at radius 2 is 2.16 bits per heavy atom. The van der Waals surface area contributed by atoms with Crippen molar-refractivity contribution in [2.24, 2.45) is 4.99 Å². The van der Waals surface area contributed by atoms with Gasteiger partial charge in [-0.2, -0.15) is 0 Å². The van der Waals surface area contributed by atoms with E-state index in [1.54, 1.807) is 42.4 Å². The lowest BCUT2D eigenvalue weighted by molar-refractivity contribution is -0.136. The van der Waals surface area contributed by atoms with E-state index in [2.05, 4.69) is 10.3 Å². The van der Waals surface area contributed by atoms with Crippen molar-refractivity contribution >= 4 is 28.8 Å². The van der Waals surface area contributed by atoms with Crippen LogP contribution in [0.3, 0.4) is 0 Å². The maximum absolute atomic E-state index is 14.0. The first-order valence-corrected chi connectivity index (χ1v) is 10.4. The first-order chi connectivity index (χ1) is 15.0. The lowest BCUT2D eigenvalue weighted by atomic mass is 9.94. The minimum atomic E-state index is -0.658. The largest absolute Gasteiger partial charge is 0.467 e. The summed E-state index contributed by atoms with van der Waals surface area (Å²) in [5.74, 6) is -0.536. The smallest absolute Gasteiger partial charge is 0.338 e. The van der Waals surface area contributed by atoms with Gasteiger partial charge in [0.15, 0.2) is 5.17 Å². The van der Waals surface area contributed by atoms with E-state index in [-0.39, 0.29) is 18.9 Å². The number of nitrogens with zero attached hydrogens (tertiary/aromatic N) is 2. The topological polar surface area (TPSA) is 84.1 Å². The number of hydrogen-bond donors (Lipinski definition) is 1. The number of esters is 1. The summed E-state index contributed by atoms with van der Waals surface area (Å²) in [6.07, 6.45) is 1.60. The van der Waals surface area contributed by atoms with Gasteiger partial charge in [-0.15, -0.1) is 0 Å². The van der Waals surface area contributed by atoms with Crippen LogP contribution in [-0.4, -0.2) is 29.1 Å². The molecule has 3 heterocycles. The number of ether oxygens (including phenoxy) is 1. The molecule has 0 aliphatic carbocycles. The molecule has 0 fully saturated rings. The molecule has 160 valence electrons. The number of carbonyl (C=O) groups is 2. The maximum Gasteiger partial charge on any atom is 0.338 e. The molecule has 1 aromatic carbocycles. The minimum Gasteiger partial charge on any atom is -0.467 e. The minimum absolute atomic E-state index is 0.0616. The molecular weight excluding hydrogens is 421 g/mol. The van der Waals surface area contributed by atoms with Gasteiger partial charge < -0.3 is 19.4 Å². The van der Waals surface area contributed by atoms with E-state index < -0.39 is 17.8 Å². The average Bonchev–Trinajstić information content (AvgIpc) is 3.41. The zero-order valence-corrected chi connectivity index (χ0v) is 17.7. The predicted octanol–water partition coefficient (Wildman–Crippen LogP) is 3.87. The predicted molar refractivity (Wildman–Crippen MR) is 114 cm³/mol. The fourth-order valence-electron chi connectivity index (χ4n) is 3.56. The molecule has 2 aromatic rings. The second kappa shape index (κ2) is 8.81. The first-order valence-electron chi connectivity index (χ1n) is 9.55. The van der Waals surface area contributed by atoms with E-state index in [0.29, 0.717) is 33.5 Å². The molecule has 0 spiro atoms. The van der Waals surface area contributed by atoms with Gasteiger partial charge in [-0.3, -0.25) is 4.79 Å². The Hall–Kier alpha value is -3.33. The molecule has 0 unspecified atom stereocenters. The van der Waals surface area contributed by atoms with Crippen LogP contribution >= 0.6 is 11.8 Å². The van der Waals surface area contributed by atoms with Crippen molar-refractivity contribution < 1.29 is 23.1 Å². The molecule has 0 saturated carbocycles. The molecule has 0 bridgehead atoms. The molecular formula is C22H20FN3O4S. The van der Waals surface area contributed by atoms with E-state index in [9.17, 15) is 14.0 Å². The highest BCUT2D eigenvalue weighted by Crippen LogP contribution is 2.44. The number of carbonyl (C=O) groups excluding carboxylic acids is 2. The lowest BCUT2D eigenvalue weighted by Crippen LogP contribution is -2.37. The maximum atomic E-state index is 14.0. The fourth-order valence-corrected chi connectivity index (χ4v) is 4.52. The number of aliphatic imine (C=N–C) groups is 1. The van der Waals surface area contributed by atoms with E-state index in [1.165, 1.54) is 31.0 Å². The molecule has 7 nitrogen and oxygen atoms in total. The number of hydrogen-bond acceptors (Lipinski definition) is 7. The summed E-state index contributed by atoms with van der Waals surface area (Å²) in [5, 5.41) is 5.26. The molecule has 1 amide bonds. The summed E-state index contributed by atoms with van der Waals surface area (Å²) in [4.78, 5) is 31.5. The Kier molecular flexibility index (Phi) is 5.94. The number of furan rings is 1. The van der Waals surface area contributed by atoms with Gasteiger partial charge in [0.2, 0.25) is 5.91 Å². The van der Waals surface area contributed by atoms with Crippen LogP contribution in [0.5, 0.6) is 0 Å². The van der Waals surface area contributed by atoms with E-state index in [1.807, 2.05) is 5.41 Å². The average molecular weight is 441 g/mol. The van der Waals surface area contributed by atoms with Crippen molar-refractivity contribution in [2.45, 2.75) is 25.9 Å². The number of fused-ring (bicyclic) bond motifs is 1. The Morgan fingerprint density at radius 3 is 2.87 bits per heavy atom. The SMILES string of the molecule is COC(=O)C1=C(C)N=C2SC=C(CC(=O)NCc3ccco3)N2[C@H]1c1cccc(F)c1. The zero-order valence-electron chi connectivity index (χ0n) is 16.9. The number of nitrogens with one attached hydrogen (secondary N) is 1. The van der Waals surface area contributed by atoms with Crippen LogP contribution in [-0.2, 0) is 20.9 Å². The van der Waals surface area contributed by atoms with Gasteiger partial charge in [-0.05, 0) is 42.2 Å². The van der Waals surface area contributed by atoms with Crippen molar-refractivity contribution in [1.29, 1.82) is 0 Å². The van der Waals surface area contributed by atoms with Gasteiger partial charge >= 0.3 is 5.97 Å². The van der Waals surface area contributed by atoms with Crippen LogP contribution in [0, 0.1) is 5.82 Å². The first kappa shape index (κ1) is 20.9. The standard InChI is InChI=1S/C22H20FN3O4S/c1-13-19(21(28)29-2)20(14-5-3-6-15(23)9-14)26-16(12-31-22(26)25-13)10-18(27)24-11-17-7-4-8-30-17/h3-9,12,20H,10-11H2,1-2H3,(H,24,27)/t20-/m0/s1. The van der Waals surface area contributed by atoms with Gasteiger partial charge in [0.25, 0.3) is 0 Å². The summed E-state index contributed by atoms with van der Waals surface area (Å²) in [7, 11) is 1.29. The quantitative estimate of drug-likeness (QED) is 0.685. The van der Waals surface area contributed by atoms with Crippen LogP contribution in [0.25, 0.3) is 0 Å². The summed E-state index contributed by atoms with van der Waals surface area (Å²) in [6, 6.07) is 8.91. The number of halogens is 1. The van der Waals surface area contributed by atoms with Gasteiger partial charge in [0, 0.05) is 5.70 Å². The van der Waals surface area contributed by atoms with Crippen LogP contribution in [0.15, 0.2) is 74.4 Å². The van der Waals surface area contributed by atoms with Crippen molar-refractivity contribution in [3.8, 4) is 0 Å². The third-order valence-corrected chi connectivity index (χ3v) is 5.84. The number of methoxy groups -OCH3 is 1. The van der Waals surface area contributed by atoms with Crippen molar-refractivity contribution in [2.75, 3.05) is 7.11 Å². The Balaban J connectivity index is 1.63. The van der Waals surface area contributed by atoms with Crippen LogP contribution in [0.2, 0.25) is 0 Å². The van der Waals surface area contributed by atoms with E-state index in [4.69, 9.17) is 9.15 Å². The third-order valence-electron chi connectivity index (χ3n) is 4.95. The number of rotatable bonds is 6. The molecule has 1 atom stereocenters. The molecule has 1 N–H and O–H groups in total. The number of allylic oxidation sites excluding steroid dienone is 1. The highest BCUT2D eigenvalue weighted by atomic mass is 32.2. The second-order valence-corrected chi connectivity index (χ2v) is 7.81. The highest BCUT2D eigenvalue weighted by molar-refractivity contribution is 8.16. The monoisotopic (exact) mass is 441 g/mol. The number of thioether (sulfide) groups is 1. The fraction of sp³-hybridized carbons (Fsp3) is 0.227. The van der Waals surface area contributed by atoms with Gasteiger partial charge in [-0.1, -0.05) is 23.9 Å².